The minimum absolute atomic E-state index is 0.0272. The Morgan fingerprint density at radius 3 is 2.78 bits per heavy atom. The van der Waals surface area contributed by atoms with Crippen LogP contribution in [-0.2, 0) is 0 Å². The number of rotatable bonds is 4. The summed E-state index contributed by atoms with van der Waals surface area (Å²) in [6, 6.07) is 11.6. The van der Waals surface area contributed by atoms with Gasteiger partial charge < -0.3 is 9.64 Å². The van der Waals surface area contributed by atoms with Gasteiger partial charge in [0.15, 0.2) is 5.78 Å². The largest absolute Gasteiger partial charge is 0.497 e. The number of methoxy groups -OCH3 is 1. The number of carbonyl (C=O) groups excluding carboxylic acids is 2. The lowest BCUT2D eigenvalue weighted by Gasteiger charge is -2.31. The van der Waals surface area contributed by atoms with Gasteiger partial charge in [0, 0.05) is 24.6 Å². The zero-order chi connectivity index (χ0) is 18.8. The minimum Gasteiger partial charge on any atom is -0.497 e. The molecule has 2 aromatic carbocycles. The molecule has 0 aliphatic carbocycles. The number of ketones is 1. The van der Waals surface area contributed by atoms with E-state index in [0.29, 0.717) is 23.5 Å². The number of fused-ring (bicyclic) bond motifs is 1. The first-order valence-electron chi connectivity index (χ1n) is 8.95. The molecule has 0 unspecified atom stereocenters. The van der Waals surface area contributed by atoms with Crippen LogP contribution in [0.3, 0.4) is 0 Å². The summed E-state index contributed by atoms with van der Waals surface area (Å²) in [5.74, 6) is 0.715. The third-order valence-electron chi connectivity index (χ3n) is 5.05. The number of carbonyl (C=O) groups is 2. The number of piperidine rings is 1. The molecule has 1 atom stereocenters. The number of aromatic nitrogens is 1. The maximum absolute atomic E-state index is 13.0. The third-order valence-corrected chi connectivity index (χ3v) is 5.82. The Hall–Kier alpha value is -2.73. The summed E-state index contributed by atoms with van der Waals surface area (Å²) in [4.78, 5) is 32.0. The lowest BCUT2D eigenvalue weighted by atomic mass is 9.89. The fourth-order valence-electron chi connectivity index (χ4n) is 3.59. The van der Waals surface area contributed by atoms with Crippen LogP contribution in [0.2, 0.25) is 0 Å². The van der Waals surface area contributed by atoms with E-state index in [9.17, 15) is 9.59 Å². The average molecular weight is 380 g/mol. The van der Waals surface area contributed by atoms with E-state index in [-0.39, 0.29) is 17.6 Å². The van der Waals surface area contributed by atoms with Crippen molar-refractivity contribution in [3.8, 4) is 5.75 Å². The zero-order valence-corrected chi connectivity index (χ0v) is 15.9. The average Bonchev–Trinajstić information content (AvgIpc) is 3.27. The molecule has 1 aliphatic rings. The number of benzene rings is 2. The summed E-state index contributed by atoms with van der Waals surface area (Å²) >= 11 is 1.34. The molecule has 2 heterocycles. The molecule has 1 aliphatic heterocycles. The Balaban J connectivity index is 1.53. The smallest absolute Gasteiger partial charge is 0.265 e. The van der Waals surface area contributed by atoms with Crippen LogP contribution in [0.5, 0.6) is 5.75 Å². The second kappa shape index (κ2) is 7.48. The van der Waals surface area contributed by atoms with Crippen molar-refractivity contribution >= 4 is 33.8 Å². The Morgan fingerprint density at radius 2 is 2.00 bits per heavy atom. The number of ether oxygens (including phenoxy) is 1. The van der Waals surface area contributed by atoms with E-state index in [0.717, 1.165) is 29.4 Å². The highest BCUT2D eigenvalue weighted by Crippen LogP contribution is 2.26. The number of hydrogen-bond acceptors (Lipinski definition) is 5. The van der Waals surface area contributed by atoms with Crippen molar-refractivity contribution < 1.29 is 14.3 Å². The van der Waals surface area contributed by atoms with Gasteiger partial charge in [-0.15, -0.1) is 11.3 Å². The number of likely N-dealkylation sites (tertiary alicyclic amines) is 1. The lowest BCUT2D eigenvalue weighted by Crippen LogP contribution is -2.42. The summed E-state index contributed by atoms with van der Waals surface area (Å²) in [5, 5.41) is 2.05. The standard InChI is InChI=1S/C21H20N2O3S/c1-26-18-7-6-14-9-16(5-4-15(14)10-18)20(24)17-3-2-8-23(12-17)21(25)19-11-22-13-27-19/h4-7,9-11,13,17H,2-3,8,12H2,1H3/t17-/m1/s1. The molecule has 1 aromatic heterocycles. The van der Waals surface area contributed by atoms with Crippen molar-refractivity contribution in [3.05, 3.63) is 58.5 Å². The molecule has 0 bridgehead atoms. The predicted octanol–water partition coefficient (Wildman–Crippen LogP) is 4.04. The second-order valence-electron chi connectivity index (χ2n) is 6.75. The van der Waals surface area contributed by atoms with E-state index in [1.807, 2.05) is 36.4 Å². The molecule has 5 nitrogen and oxygen atoms in total. The maximum atomic E-state index is 13.0. The molecule has 1 saturated heterocycles. The molecule has 1 fully saturated rings. The number of hydrogen-bond donors (Lipinski definition) is 0. The van der Waals surface area contributed by atoms with Crippen molar-refractivity contribution in [2.24, 2.45) is 5.92 Å². The fourth-order valence-corrected chi connectivity index (χ4v) is 4.18. The fraction of sp³-hybridized carbons (Fsp3) is 0.286. The van der Waals surface area contributed by atoms with Gasteiger partial charge in [0.2, 0.25) is 0 Å². The molecule has 6 heteroatoms. The van der Waals surface area contributed by atoms with Gasteiger partial charge in [-0.2, -0.15) is 0 Å². The highest BCUT2D eigenvalue weighted by molar-refractivity contribution is 7.11. The van der Waals surface area contributed by atoms with E-state index in [1.165, 1.54) is 11.3 Å². The maximum Gasteiger partial charge on any atom is 0.265 e. The van der Waals surface area contributed by atoms with Crippen LogP contribution in [0.15, 0.2) is 48.1 Å². The molecule has 0 radical (unpaired) electrons. The first-order valence-corrected chi connectivity index (χ1v) is 9.83. The number of thiazole rings is 1. The van der Waals surface area contributed by atoms with E-state index < -0.39 is 0 Å². The van der Waals surface area contributed by atoms with Gasteiger partial charge in [-0.3, -0.25) is 14.6 Å². The van der Waals surface area contributed by atoms with Crippen molar-refractivity contribution in [1.29, 1.82) is 0 Å². The van der Waals surface area contributed by atoms with Gasteiger partial charge in [0.05, 0.1) is 18.8 Å². The summed E-state index contributed by atoms with van der Waals surface area (Å²) in [6.45, 7) is 1.16. The summed E-state index contributed by atoms with van der Waals surface area (Å²) in [6.07, 6.45) is 3.24. The van der Waals surface area contributed by atoms with Gasteiger partial charge in [-0.05, 0) is 41.8 Å². The second-order valence-corrected chi connectivity index (χ2v) is 7.63. The third kappa shape index (κ3) is 3.57. The molecule has 0 saturated carbocycles. The molecule has 0 spiro atoms. The van der Waals surface area contributed by atoms with Crippen LogP contribution >= 0.6 is 11.3 Å². The van der Waals surface area contributed by atoms with Gasteiger partial charge in [0.25, 0.3) is 5.91 Å². The van der Waals surface area contributed by atoms with Crippen LogP contribution < -0.4 is 4.74 Å². The highest BCUT2D eigenvalue weighted by atomic mass is 32.1. The minimum atomic E-state index is -0.161. The normalized spacial score (nSPS) is 17.1. The molecule has 3 aromatic rings. The van der Waals surface area contributed by atoms with Crippen molar-refractivity contribution in [1.82, 2.24) is 9.88 Å². The molecule has 0 N–H and O–H groups in total. The van der Waals surface area contributed by atoms with E-state index in [1.54, 1.807) is 23.7 Å². The van der Waals surface area contributed by atoms with Crippen LogP contribution in [0.25, 0.3) is 10.8 Å². The van der Waals surface area contributed by atoms with Crippen LogP contribution in [-0.4, -0.2) is 41.8 Å². The SMILES string of the molecule is COc1ccc2cc(C(=O)[C@@H]3CCCN(C(=O)c4cncs4)C3)ccc2c1. The van der Waals surface area contributed by atoms with Gasteiger partial charge in [0.1, 0.15) is 10.6 Å². The molecule has 138 valence electrons. The summed E-state index contributed by atoms with van der Waals surface area (Å²) in [7, 11) is 1.64. The molecular formula is C21H20N2O3S. The number of amides is 1. The van der Waals surface area contributed by atoms with E-state index in [2.05, 4.69) is 4.98 Å². The quantitative estimate of drug-likeness (QED) is 0.641. The Labute approximate surface area is 161 Å². The van der Waals surface area contributed by atoms with Crippen molar-refractivity contribution in [3.63, 3.8) is 0 Å². The first-order chi connectivity index (χ1) is 13.2. The molecular weight excluding hydrogens is 360 g/mol. The lowest BCUT2D eigenvalue weighted by molar-refractivity contribution is 0.0641. The number of Topliss-reactive ketones (excluding diaryl/α,β-unsaturated/α-hetero) is 1. The van der Waals surface area contributed by atoms with Crippen molar-refractivity contribution in [2.45, 2.75) is 12.8 Å². The topological polar surface area (TPSA) is 59.5 Å². The Kier molecular flexibility index (Phi) is 4.90. The number of nitrogens with zero attached hydrogens (tertiary/aromatic N) is 2. The summed E-state index contributed by atoms with van der Waals surface area (Å²) in [5.41, 5.74) is 2.36. The predicted molar refractivity (Wildman–Crippen MR) is 106 cm³/mol. The molecule has 27 heavy (non-hydrogen) atoms. The van der Waals surface area contributed by atoms with Crippen LogP contribution in [0.1, 0.15) is 32.9 Å². The van der Waals surface area contributed by atoms with Crippen molar-refractivity contribution in [2.75, 3.05) is 20.2 Å². The van der Waals surface area contributed by atoms with Gasteiger partial charge >= 0.3 is 0 Å². The van der Waals surface area contributed by atoms with Gasteiger partial charge in [-0.1, -0.05) is 18.2 Å². The molecule has 4 rings (SSSR count). The zero-order valence-electron chi connectivity index (χ0n) is 15.1. The Bertz CT molecular complexity index is 984. The monoisotopic (exact) mass is 380 g/mol. The van der Waals surface area contributed by atoms with E-state index >= 15 is 0 Å². The van der Waals surface area contributed by atoms with Gasteiger partial charge in [-0.25, -0.2) is 0 Å². The molecule has 1 amide bonds. The summed E-state index contributed by atoms with van der Waals surface area (Å²) < 4.78 is 5.25. The highest BCUT2D eigenvalue weighted by Gasteiger charge is 2.30. The first kappa shape index (κ1) is 17.7. The van der Waals surface area contributed by atoms with Crippen LogP contribution in [0.4, 0.5) is 0 Å². The van der Waals surface area contributed by atoms with Crippen LogP contribution in [0, 0.1) is 5.92 Å². The van der Waals surface area contributed by atoms with E-state index in [4.69, 9.17) is 4.74 Å². The Morgan fingerprint density at radius 1 is 1.19 bits per heavy atom.